The van der Waals surface area contributed by atoms with Gasteiger partial charge in [-0.3, -0.25) is 0 Å². The third-order valence-corrected chi connectivity index (χ3v) is 6.99. The van der Waals surface area contributed by atoms with E-state index in [1.807, 2.05) is 0 Å². The molecule has 0 aromatic heterocycles. The van der Waals surface area contributed by atoms with Gasteiger partial charge < -0.3 is 0 Å². The van der Waals surface area contributed by atoms with Crippen molar-refractivity contribution in [2.24, 2.45) is 11.8 Å². The zero-order valence-corrected chi connectivity index (χ0v) is 18.9. The van der Waals surface area contributed by atoms with E-state index < -0.39 is 11.6 Å². The van der Waals surface area contributed by atoms with E-state index in [0.717, 1.165) is 44.1 Å². The van der Waals surface area contributed by atoms with Crippen molar-refractivity contribution in [2.45, 2.75) is 90.9 Å². The lowest BCUT2D eigenvalue weighted by molar-refractivity contribution is 0.466. The number of halogens is 2. The molecule has 1 aromatic carbocycles. The first kappa shape index (κ1) is 23.0. The summed E-state index contributed by atoms with van der Waals surface area (Å²) in [6, 6.07) is 3.58. The van der Waals surface area contributed by atoms with E-state index >= 15 is 0 Å². The highest BCUT2D eigenvalue weighted by atomic mass is 19.2. The molecule has 2 unspecified atom stereocenters. The predicted molar refractivity (Wildman–Crippen MR) is 124 cm³/mol. The number of allylic oxidation sites excluding steroid dienone is 6. The zero-order chi connectivity index (χ0) is 21.3. The van der Waals surface area contributed by atoms with Gasteiger partial charge in [0.2, 0.25) is 0 Å². The summed E-state index contributed by atoms with van der Waals surface area (Å²) in [5.74, 6) is -0.0184. The number of aryl methyl sites for hydroxylation is 1. The van der Waals surface area contributed by atoms with Gasteiger partial charge in [0.15, 0.2) is 11.6 Å². The van der Waals surface area contributed by atoms with Crippen LogP contribution < -0.4 is 0 Å². The van der Waals surface area contributed by atoms with Crippen LogP contribution >= 0.6 is 0 Å². The lowest BCUT2D eigenvalue weighted by Gasteiger charge is -2.21. The summed E-state index contributed by atoms with van der Waals surface area (Å²) in [6.45, 7) is 4.44. The van der Waals surface area contributed by atoms with Crippen LogP contribution in [0, 0.1) is 23.5 Å². The minimum Gasteiger partial charge on any atom is -0.203 e. The topological polar surface area (TPSA) is 0 Å². The molecule has 0 radical (unpaired) electrons. The molecule has 1 aromatic rings. The van der Waals surface area contributed by atoms with Crippen LogP contribution in [0.1, 0.15) is 95.6 Å². The second kappa shape index (κ2) is 11.6. The molecule has 0 saturated carbocycles. The minimum atomic E-state index is -0.658. The third-order valence-electron chi connectivity index (χ3n) is 6.99. The molecule has 0 aliphatic heterocycles. The molecule has 0 bridgehead atoms. The Balaban J connectivity index is 1.52. The molecular formula is C28H38F2. The van der Waals surface area contributed by atoms with E-state index in [1.54, 1.807) is 17.7 Å². The lowest BCUT2D eigenvalue weighted by atomic mass is 9.85. The van der Waals surface area contributed by atoms with Crippen molar-refractivity contribution in [1.82, 2.24) is 0 Å². The van der Waals surface area contributed by atoms with Crippen LogP contribution in [0.2, 0.25) is 0 Å². The Bertz CT molecular complexity index is 784. The molecule has 2 aliphatic rings. The van der Waals surface area contributed by atoms with E-state index in [4.69, 9.17) is 0 Å². The van der Waals surface area contributed by atoms with E-state index in [9.17, 15) is 8.78 Å². The summed E-state index contributed by atoms with van der Waals surface area (Å²) in [7, 11) is 0. The van der Waals surface area contributed by atoms with E-state index in [2.05, 4.69) is 38.2 Å². The lowest BCUT2D eigenvalue weighted by Crippen LogP contribution is -2.06. The van der Waals surface area contributed by atoms with Crippen molar-refractivity contribution in [3.05, 3.63) is 64.8 Å². The molecule has 0 spiro atoms. The van der Waals surface area contributed by atoms with Crippen molar-refractivity contribution in [1.29, 1.82) is 0 Å². The van der Waals surface area contributed by atoms with Crippen LogP contribution in [0.3, 0.4) is 0 Å². The summed E-state index contributed by atoms with van der Waals surface area (Å²) >= 11 is 0. The molecule has 164 valence electrons. The fourth-order valence-corrected chi connectivity index (χ4v) is 4.78. The average molecular weight is 413 g/mol. The Morgan fingerprint density at radius 1 is 0.967 bits per heavy atom. The van der Waals surface area contributed by atoms with Gasteiger partial charge in [0.1, 0.15) is 0 Å². The molecule has 2 atom stereocenters. The maximum absolute atomic E-state index is 14.7. The first-order valence-corrected chi connectivity index (χ1v) is 12.1. The monoisotopic (exact) mass is 412 g/mol. The Morgan fingerprint density at radius 2 is 1.83 bits per heavy atom. The van der Waals surface area contributed by atoms with Gasteiger partial charge in [-0.05, 0) is 87.2 Å². The standard InChI is InChI=1S/C28H38F2/c1-3-5-8-22-11-13-23(14-12-22)9-6-7-10-25-19-20-26(28(30)27(25)29)24-17-15-21(4-2)16-18-24/h6,9,11,17,19-21,23H,3-5,7-8,10,12-16,18H2,1-2H3. The summed E-state index contributed by atoms with van der Waals surface area (Å²) in [5, 5.41) is 0. The van der Waals surface area contributed by atoms with Crippen LogP contribution in [0.5, 0.6) is 0 Å². The fraction of sp³-hybridized carbons (Fsp3) is 0.571. The first-order chi connectivity index (χ1) is 14.6. The van der Waals surface area contributed by atoms with Gasteiger partial charge in [-0.2, -0.15) is 0 Å². The van der Waals surface area contributed by atoms with Crippen molar-refractivity contribution in [3.8, 4) is 0 Å². The second-order valence-electron chi connectivity index (χ2n) is 9.15. The second-order valence-corrected chi connectivity index (χ2v) is 9.15. The molecule has 0 nitrogen and oxygen atoms in total. The quantitative estimate of drug-likeness (QED) is 0.355. The Kier molecular flexibility index (Phi) is 8.90. The number of rotatable bonds is 9. The highest BCUT2D eigenvalue weighted by Crippen LogP contribution is 2.34. The smallest absolute Gasteiger partial charge is 0.166 e. The Hall–Kier alpha value is -1.70. The number of unbranched alkanes of at least 4 members (excludes halogenated alkanes) is 1. The molecule has 0 amide bonds. The molecule has 2 heteroatoms. The average Bonchev–Trinajstić information content (AvgIpc) is 2.79. The zero-order valence-electron chi connectivity index (χ0n) is 18.9. The predicted octanol–water partition coefficient (Wildman–Crippen LogP) is 8.96. The maximum atomic E-state index is 14.7. The highest BCUT2D eigenvalue weighted by molar-refractivity contribution is 5.67. The van der Waals surface area contributed by atoms with E-state index in [1.165, 1.54) is 32.1 Å². The molecule has 3 rings (SSSR count). The fourth-order valence-electron chi connectivity index (χ4n) is 4.78. The molecule has 0 N–H and O–H groups in total. The van der Waals surface area contributed by atoms with Gasteiger partial charge in [-0.1, -0.05) is 68.7 Å². The molecule has 0 fully saturated rings. The van der Waals surface area contributed by atoms with Gasteiger partial charge in [-0.15, -0.1) is 0 Å². The van der Waals surface area contributed by atoms with Crippen molar-refractivity contribution in [2.75, 3.05) is 0 Å². The van der Waals surface area contributed by atoms with Crippen LogP contribution in [0.25, 0.3) is 5.57 Å². The summed E-state index contributed by atoms with van der Waals surface area (Å²) < 4.78 is 29.4. The molecule has 0 saturated heterocycles. The first-order valence-electron chi connectivity index (χ1n) is 12.1. The summed E-state index contributed by atoms with van der Waals surface area (Å²) in [4.78, 5) is 0. The number of hydrogen-bond acceptors (Lipinski definition) is 0. The SMILES string of the molecule is CCCCC1=CCC(C=CCCc2ccc(C3=CCC(CC)CC3)c(F)c2F)CC1. The normalized spacial score (nSPS) is 22.3. The van der Waals surface area contributed by atoms with Gasteiger partial charge in [0.25, 0.3) is 0 Å². The largest absolute Gasteiger partial charge is 0.203 e. The van der Waals surface area contributed by atoms with Crippen molar-refractivity contribution in [3.63, 3.8) is 0 Å². The van der Waals surface area contributed by atoms with Crippen LogP contribution in [0.4, 0.5) is 8.78 Å². The summed E-state index contributed by atoms with van der Waals surface area (Å²) in [5.41, 5.74) is 3.56. The Morgan fingerprint density at radius 3 is 2.50 bits per heavy atom. The minimum absolute atomic E-state index is 0.467. The van der Waals surface area contributed by atoms with Gasteiger partial charge in [0.05, 0.1) is 0 Å². The van der Waals surface area contributed by atoms with Gasteiger partial charge in [0, 0.05) is 5.56 Å². The third kappa shape index (κ3) is 6.15. The molecular weight excluding hydrogens is 374 g/mol. The molecule has 0 heterocycles. The number of hydrogen-bond donors (Lipinski definition) is 0. The molecule has 30 heavy (non-hydrogen) atoms. The Labute approximate surface area is 182 Å². The highest BCUT2D eigenvalue weighted by Gasteiger charge is 2.19. The van der Waals surface area contributed by atoms with Crippen molar-refractivity contribution >= 4 is 5.57 Å². The number of benzene rings is 1. The van der Waals surface area contributed by atoms with Gasteiger partial charge >= 0.3 is 0 Å². The van der Waals surface area contributed by atoms with Gasteiger partial charge in [-0.25, -0.2) is 8.78 Å². The van der Waals surface area contributed by atoms with Crippen LogP contribution in [-0.2, 0) is 6.42 Å². The van der Waals surface area contributed by atoms with Crippen LogP contribution in [-0.4, -0.2) is 0 Å². The maximum Gasteiger partial charge on any atom is 0.166 e. The van der Waals surface area contributed by atoms with E-state index in [0.29, 0.717) is 29.4 Å². The van der Waals surface area contributed by atoms with Crippen molar-refractivity contribution < 1.29 is 8.78 Å². The molecule has 2 aliphatic carbocycles. The van der Waals surface area contributed by atoms with Crippen LogP contribution in [0.15, 0.2) is 42.0 Å². The van der Waals surface area contributed by atoms with E-state index in [-0.39, 0.29) is 0 Å². The summed E-state index contributed by atoms with van der Waals surface area (Å²) in [6.07, 6.45) is 21.7.